The summed E-state index contributed by atoms with van der Waals surface area (Å²) in [7, 11) is -3.55. The van der Waals surface area contributed by atoms with Gasteiger partial charge in [0.05, 0.1) is 4.92 Å². The van der Waals surface area contributed by atoms with Gasteiger partial charge >= 0.3 is 0 Å². The van der Waals surface area contributed by atoms with Crippen molar-refractivity contribution in [2.75, 3.05) is 19.6 Å². The number of benzene rings is 1. The lowest BCUT2D eigenvalue weighted by Crippen LogP contribution is -2.41. The lowest BCUT2D eigenvalue weighted by atomic mass is 10.2. The molecule has 0 aromatic heterocycles. The summed E-state index contributed by atoms with van der Waals surface area (Å²) in [5, 5.41) is 13.1. The van der Waals surface area contributed by atoms with E-state index in [0.29, 0.717) is 13.1 Å². The second-order valence-corrected chi connectivity index (χ2v) is 8.38. The van der Waals surface area contributed by atoms with Crippen LogP contribution in [0.1, 0.15) is 24.2 Å². The number of rotatable bonds is 8. The van der Waals surface area contributed by atoms with Crippen molar-refractivity contribution in [3.63, 3.8) is 0 Å². The number of nitrogens with one attached hydrogen (secondary N) is 1. The molecule has 1 N–H and O–H groups in total. The summed E-state index contributed by atoms with van der Waals surface area (Å²) in [5.74, 6) is -0.501. The first-order valence-corrected chi connectivity index (χ1v) is 9.31. The summed E-state index contributed by atoms with van der Waals surface area (Å²) in [5.41, 5.74) is 0.0968. The zero-order valence-electron chi connectivity index (χ0n) is 12.7. The van der Waals surface area contributed by atoms with E-state index in [1.165, 1.54) is 28.6 Å². The number of alkyl halides is 1. The van der Waals surface area contributed by atoms with Crippen LogP contribution in [-0.4, -0.2) is 47.3 Å². The third-order valence-corrected chi connectivity index (χ3v) is 6.94. The van der Waals surface area contributed by atoms with Crippen LogP contribution in [0.3, 0.4) is 0 Å². The van der Waals surface area contributed by atoms with Crippen LogP contribution in [0.15, 0.2) is 24.3 Å². The first-order valence-electron chi connectivity index (χ1n) is 6.89. The van der Waals surface area contributed by atoms with Gasteiger partial charge in [-0.15, -0.1) is 0 Å². The van der Waals surface area contributed by atoms with Crippen LogP contribution in [0.5, 0.6) is 0 Å². The Labute approximate surface area is 143 Å². The standard InChI is InChI=1S/C13H18BrN3O5S/c1-3-16(4-2)23(21,22)12(14)9-15-13(18)10-5-7-11(8-6-10)17(19)20/h5-8,12H,3-4,9H2,1-2H3,(H,15,18). The Balaban J connectivity index is 2.70. The molecule has 1 atom stereocenters. The van der Waals surface area contributed by atoms with Gasteiger partial charge in [-0.2, -0.15) is 0 Å². The van der Waals surface area contributed by atoms with Gasteiger partial charge in [0, 0.05) is 37.3 Å². The molecule has 0 aliphatic rings. The van der Waals surface area contributed by atoms with Crippen LogP contribution >= 0.6 is 15.9 Å². The normalized spacial score (nSPS) is 12.9. The second-order valence-electron chi connectivity index (χ2n) is 4.55. The fourth-order valence-electron chi connectivity index (χ4n) is 1.86. The Morgan fingerprint density at radius 1 is 1.30 bits per heavy atom. The van der Waals surface area contributed by atoms with E-state index in [0.717, 1.165) is 0 Å². The number of sulfonamides is 1. The minimum atomic E-state index is -3.55. The number of carbonyl (C=O) groups excluding carboxylic acids is 1. The lowest BCUT2D eigenvalue weighted by molar-refractivity contribution is -0.384. The fraction of sp³-hybridized carbons (Fsp3) is 0.462. The summed E-state index contributed by atoms with van der Waals surface area (Å²) < 4.78 is 24.8. The number of nitro benzene ring substituents is 1. The number of nitro groups is 1. The van der Waals surface area contributed by atoms with E-state index >= 15 is 0 Å². The predicted octanol–water partition coefficient (Wildman–Crippen LogP) is 1.72. The SMILES string of the molecule is CCN(CC)S(=O)(=O)C(Br)CNC(=O)c1ccc([N+](=O)[O-])cc1. The molecule has 0 bridgehead atoms. The summed E-state index contributed by atoms with van der Waals surface area (Å²) >= 11 is 3.08. The molecule has 0 spiro atoms. The van der Waals surface area contributed by atoms with Gasteiger partial charge < -0.3 is 5.32 Å². The van der Waals surface area contributed by atoms with E-state index in [2.05, 4.69) is 21.2 Å². The largest absolute Gasteiger partial charge is 0.350 e. The highest BCUT2D eigenvalue weighted by Gasteiger charge is 2.28. The van der Waals surface area contributed by atoms with Crippen molar-refractivity contribution in [2.24, 2.45) is 0 Å². The van der Waals surface area contributed by atoms with E-state index in [1.54, 1.807) is 13.8 Å². The minimum Gasteiger partial charge on any atom is -0.350 e. The van der Waals surface area contributed by atoms with Crippen LogP contribution in [-0.2, 0) is 10.0 Å². The van der Waals surface area contributed by atoms with Crippen molar-refractivity contribution >= 4 is 37.5 Å². The third kappa shape index (κ3) is 4.98. The number of halogens is 1. The van der Waals surface area contributed by atoms with Gasteiger partial charge in [0.15, 0.2) is 0 Å². The molecule has 8 nitrogen and oxygen atoms in total. The molecule has 1 aromatic rings. The molecule has 1 unspecified atom stereocenters. The Bertz CT molecular complexity index is 659. The number of amides is 1. The van der Waals surface area contributed by atoms with Gasteiger partial charge in [-0.1, -0.05) is 29.8 Å². The molecule has 10 heteroatoms. The van der Waals surface area contributed by atoms with E-state index < -0.39 is 25.0 Å². The summed E-state index contributed by atoms with van der Waals surface area (Å²) in [4.78, 5) is 21.9. The molecule has 1 aromatic carbocycles. The van der Waals surface area contributed by atoms with Crippen molar-refractivity contribution in [3.05, 3.63) is 39.9 Å². The summed E-state index contributed by atoms with van der Waals surface area (Å²) in [6.07, 6.45) is 0. The van der Waals surface area contributed by atoms with Gasteiger partial charge in [-0.3, -0.25) is 14.9 Å². The van der Waals surface area contributed by atoms with Gasteiger partial charge in [0.2, 0.25) is 10.0 Å². The summed E-state index contributed by atoms with van der Waals surface area (Å²) in [6.45, 7) is 4.04. The van der Waals surface area contributed by atoms with Crippen LogP contribution in [0.25, 0.3) is 0 Å². The van der Waals surface area contributed by atoms with Crippen molar-refractivity contribution in [3.8, 4) is 0 Å². The molecule has 0 fully saturated rings. The third-order valence-electron chi connectivity index (χ3n) is 3.15. The predicted molar refractivity (Wildman–Crippen MR) is 90.0 cm³/mol. The van der Waals surface area contributed by atoms with E-state index in [1.807, 2.05) is 0 Å². The fourth-order valence-corrected chi connectivity index (χ4v) is 4.07. The molecule has 23 heavy (non-hydrogen) atoms. The van der Waals surface area contributed by atoms with Crippen LogP contribution in [0.2, 0.25) is 0 Å². The van der Waals surface area contributed by atoms with Crippen LogP contribution in [0, 0.1) is 10.1 Å². The molecule has 0 heterocycles. The average molecular weight is 408 g/mol. The Morgan fingerprint density at radius 2 is 1.83 bits per heavy atom. The Hall–Kier alpha value is -1.52. The average Bonchev–Trinajstić information content (AvgIpc) is 2.53. The van der Waals surface area contributed by atoms with Gasteiger partial charge in [0.1, 0.15) is 4.16 Å². The monoisotopic (exact) mass is 407 g/mol. The van der Waals surface area contributed by atoms with Gasteiger partial charge in [0.25, 0.3) is 11.6 Å². The maximum atomic E-state index is 12.2. The maximum absolute atomic E-state index is 12.2. The van der Waals surface area contributed by atoms with Gasteiger partial charge in [-0.05, 0) is 12.1 Å². The zero-order valence-corrected chi connectivity index (χ0v) is 15.1. The second kappa shape index (κ2) is 8.37. The molecule has 0 aliphatic heterocycles. The van der Waals surface area contributed by atoms with Crippen molar-refractivity contribution in [1.29, 1.82) is 0 Å². The quantitative estimate of drug-likeness (QED) is 0.400. The van der Waals surface area contributed by atoms with Crippen LogP contribution in [0.4, 0.5) is 5.69 Å². The highest BCUT2D eigenvalue weighted by atomic mass is 79.9. The molecule has 0 saturated heterocycles. The van der Waals surface area contributed by atoms with E-state index in [-0.39, 0.29) is 17.8 Å². The molecular weight excluding hydrogens is 390 g/mol. The van der Waals surface area contributed by atoms with Crippen LogP contribution < -0.4 is 5.32 Å². The maximum Gasteiger partial charge on any atom is 0.269 e. The molecule has 1 amide bonds. The molecule has 1 rings (SSSR count). The number of nitrogens with zero attached hydrogens (tertiary/aromatic N) is 2. The topological polar surface area (TPSA) is 110 Å². The molecule has 128 valence electrons. The Kier molecular flexibility index (Phi) is 7.10. The number of carbonyl (C=O) groups is 1. The molecule has 0 aliphatic carbocycles. The molecule has 0 radical (unpaired) electrons. The van der Waals surface area contributed by atoms with Gasteiger partial charge in [-0.25, -0.2) is 12.7 Å². The van der Waals surface area contributed by atoms with Crippen molar-refractivity contribution in [1.82, 2.24) is 9.62 Å². The first kappa shape index (κ1) is 19.5. The molecular formula is C13H18BrN3O5S. The highest BCUT2D eigenvalue weighted by Crippen LogP contribution is 2.15. The number of hydrogen-bond donors (Lipinski definition) is 1. The smallest absolute Gasteiger partial charge is 0.269 e. The van der Waals surface area contributed by atoms with Crippen molar-refractivity contribution in [2.45, 2.75) is 18.0 Å². The van der Waals surface area contributed by atoms with Crippen molar-refractivity contribution < 1.29 is 18.1 Å². The van der Waals surface area contributed by atoms with E-state index in [9.17, 15) is 23.3 Å². The number of hydrogen-bond acceptors (Lipinski definition) is 5. The summed E-state index contributed by atoms with van der Waals surface area (Å²) in [6, 6.07) is 5.06. The van der Waals surface area contributed by atoms with E-state index in [4.69, 9.17) is 0 Å². The number of non-ortho nitro benzene ring substituents is 1. The Morgan fingerprint density at radius 3 is 2.26 bits per heavy atom. The minimum absolute atomic E-state index is 0.116. The first-order chi connectivity index (χ1) is 10.7. The molecule has 0 saturated carbocycles. The zero-order chi connectivity index (χ0) is 17.6. The highest BCUT2D eigenvalue weighted by molar-refractivity contribution is 9.11. The lowest BCUT2D eigenvalue weighted by Gasteiger charge is -2.22.